The molecule has 248 valence electrons. The molecule has 0 saturated carbocycles. The van der Waals surface area contributed by atoms with E-state index in [0.29, 0.717) is 0 Å². The van der Waals surface area contributed by atoms with Crippen molar-refractivity contribution in [2.24, 2.45) is 0 Å². The van der Waals surface area contributed by atoms with Gasteiger partial charge in [-0.15, -0.1) is 4.79 Å². The van der Waals surface area contributed by atoms with Gasteiger partial charge in [0.05, 0.1) is 5.57 Å². The van der Waals surface area contributed by atoms with Gasteiger partial charge in [-0.1, -0.05) is 135 Å². The van der Waals surface area contributed by atoms with E-state index in [-0.39, 0.29) is 16.5 Å². The Balaban J connectivity index is 0. The van der Waals surface area contributed by atoms with Gasteiger partial charge in [0, 0.05) is 0 Å². The third-order valence-electron chi connectivity index (χ3n) is 7.26. The van der Waals surface area contributed by atoms with E-state index in [0.717, 1.165) is 63.4 Å². The summed E-state index contributed by atoms with van der Waals surface area (Å²) >= 11 is 0. The van der Waals surface area contributed by atoms with E-state index in [1.54, 1.807) is 0 Å². The topological polar surface area (TPSA) is 36.4 Å². The molecular formula is C41H64N2Ni. The van der Waals surface area contributed by atoms with E-state index < -0.39 is 0 Å². The van der Waals surface area contributed by atoms with Gasteiger partial charge in [0.15, 0.2) is 0 Å². The molecule has 2 aromatic carbocycles. The van der Waals surface area contributed by atoms with Gasteiger partial charge in [-0.25, -0.2) is 0 Å². The first-order chi connectivity index (χ1) is 21.0. The van der Waals surface area contributed by atoms with Gasteiger partial charge >= 0.3 is 22.4 Å². The van der Waals surface area contributed by atoms with Crippen LogP contribution in [0.1, 0.15) is 160 Å². The normalized spacial score (nSPS) is 10.5. The van der Waals surface area contributed by atoms with Crippen LogP contribution < -0.4 is 0 Å². The van der Waals surface area contributed by atoms with Crippen molar-refractivity contribution in [2.45, 2.75) is 151 Å². The van der Waals surface area contributed by atoms with Crippen molar-refractivity contribution in [1.82, 2.24) is 0 Å². The second-order valence-corrected chi connectivity index (χ2v) is 11.4. The summed E-state index contributed by atoms with van der Waals surface area (Å²) < 4.78 is 0. The molecule has 0 heterocycles. The summed E-state index contributed by atoms with van der Waals surface area (Å²) in [5.41, 5.74) is 18.5. The summed E-state index contributed by atoms with van der Waals surface area (Å²) in [6, 6.07) is 18.4. The van der Waals surface area contributed by atoms with Crippen LogP contribution in [0.15, 0.2) is 59.7 Å². The number of rotatable bonds is 18. The molecule has 2 nitrogen and oxygen atoms in total. The fourth-order valence-electron chi connectivity index (χ4n) is 5.04. The minimum absolute atomic E-state index is 0. The molecule has 0 aliphatic carbocycles. The van der Waals surface area contributed by atoms with E-state index in [4.69, 9.17) is 0 Å². The Bertz CT molecular complexity index is 1070. The third-order valence-corrected chi connectivity index (χ3v) is 7.26. The van der Waals surface area contributed by atoms with Gasteiger partial charge in [-0.2, -0.15) is 12.8 Å². The average molecular weight is 644 g/mol. The smallest absolute Gasteiger partial charge is 0.348 e. The van der Waals surface area contributed by atoms with E-state index in [9.17, 15) is 5.53 Å². The molecule has 0 unspecified atom stereocenters. The summed E-state index contributed by atoms with van der Waals surface area (Å²) in [6.07, 6.45) is 19.3. The quantitative estimate of drug-likeness (QED) is 0.0295. The number of hydrogen-bond acceptors (Lipinski definition) is 0. The molecule has 2 rings (SSSR count). The predicted molar refractivity (Wildman–Crippen MR) is 192 cm³/mol. The molecule has 0 atom stereocenters. The molecule has 0 N–H and O–H groups in total. The number of allylic oxidation sites excluding steroid dienone is 2. The van der Waals surface area contributed by atoms with Crippen molar-refractivity contribution in [2.75, 3.05) is 0 Å². The van der Waals surface area contributed by atoms with Crippen molar-refractivity contribution >= 4 is 11.4 Å². The first kappa shape index (κ1) is 44.0. The van der Waals surface area contributed by atoms with Gasteiger partial charge in [-0.3, -0.25) is 0 Å². The maximum Gasteiger partial charge on any atom is 2.00 e. The van der Waals surface area contributed by atoms with Gasteiger partial charge in [-0.05, 0) is 84.8 Å². The Morgan fingerprint density at radius 1 is 0.636 bits per heavy atom. The maximum atomic E-state index is 9.56. The Hall–Kier alpha value is -2.17. The molecule has 0 aliphatic rings. The van der Waals surface area contributed by atoms with E-state index in [2.05, 4.69) is 101 Å². The molecule has 0 amide bonds. The zero-order chi connectivity index (χ0) is 32.1. The fourth-order valence-corrected chi connectivity index (χ4v) is 5.04. The standard InChI is InChI=1S/C35H50N2.2C3H7.Ni/c1-5-9-13-15-18-29-23-25-31(26-24-29)35(32-21-16-19-30(27-32)17-11-7-3)34(22-12-8-4)33(28-37-36)20-14-10-6-2;2*1-3-2;/h16,19,21,23-27H,5-15,17-18,20,22H2,1-4H3;2*1,3H2,2H3;/q;2*-1;+2. The summed E-state index contributed by atoms with van der Waals surface area (Å²) in [5.74, 6) is 3.01. The summed E-state index contributed by atoms with van der Waals surface area (Å²) in [7, 11) is 0. The zero-order valence-electron chi connectivity index (χ0n) is 29.3. The van der Waals surface area contributed by atoms with Crippen molar-refractivity contribution in [1.29, 1.82) is 0 Å². The van der Waals surface area contributed by atoms with Gasteiger partial charge in [0.1, 0.15) is 0 Å². The van der Waals surface area contributed by atoms with Crippen LogP contribution >= 0.6 is 0 Å². The first-order valence-electron chi connectivity index (χ1n) is 17.5. The number of aryl methyl sites for hydroxylation is 2. The molecule has 0 bridgehead atoms. The van der Waals surface area contributed by atoms with Crippen LogP contribution in [-0.4, -0.2) is 10.7 Å². The van der Waals surface area contributed by atoms with Crippen LogP contribution in [0.2, 0.25) is 0 Å². The third kappa shape index (κ3) is 19.3. The minimum atomic E-state index is 0. The monoisotopic (exact) mass is 642 g/mol. The first-order valence-corrected chi connectivity index (χ1v) is 17.5. The number of unbranched alkanes of at least 4 members (excludes halogenated alkanes) is 7. The Labute approximate surface area is 283 Å². The van der Waals surface area contributed by atoms with E-state index in [1.165, 1.54) is 84.8 Å². The molecule has 2 aromatic rings. The van der Waals surface area contributed by atoms with Crippen molar-refractivity contribution in [3.8, 4) is 0 Å². The van der Waals surface area contributed by atoms with Gasteiger partial charge in [0.2, 0.25) is 0 Å². The zero-order valence-corrected chi connectivity index (χ0v) is 30.3. The van der Waals surface area contributed by atoms with Crippen LogP contribution in [0.5, 0.6) is 0 Å². The minimum Gasteiger partial charge on any atom is -0.348 e. The molecule has 0 radical (unpaired) electrons. The molecule has 3 heteroatoms. The summed E-state index contributed by atoms with van der Waals surface area (Å²) in [4.78, 5) is 3.41. The van der Waals surface area contributed by atoms with Crippen LogP contribution in [0, 0.1) is 13.8 Å². The Kier molecular flexibility index (Phi) is 30.8. The summed E-state index contributed by atoms with van der Waals surface area (Å²) in [6.45, 7) is 20.0. The second kappa shape index (κ2) is 30.8. The van der Waals surface area contributed by atoms with E-state index in [1.807, 2.05) is 13.8 Å². The Morgan fingerprint density at radius 2 is 1.20 bits per heavy atom. The van der Waals surface area contributed by atoms with E-state index >= 15 is 0 Å². The molecule has 0 saturated heterocycles. The predicted octanol–water partition coefficient (Wildman–Crippen LogP) is 13.0. The molecule has 0 aromatic heterocycles. The van der Waals surface area contributed by atoms with Crippen LogP contribution in [0.25, 0.3) is 11.1 Å². The molecular weight excluding hydrogens is 579 g/mol. The van der Waals surface area contributed by atoms with Crippen LogP contribution in [0.4, 0.5) is 0 Å². The molecule has 44 heavy (non-hydrogen) atoms. The molecule has 0 fully saturated rings. The summed E-state index contributed by atoms with van der Waals surface area (Å²) in [5, 5.41) is 0. The second-order valence-electron chi connectivity index (χ2n) is 11.4. The molecule has 0 aliphatic heterocycles. The van der Waals surface area contributed by atoms with Gasteiger partial charge in [0.25, 0.3) is 0 Å². The fraction of sp³-hybridized carbons (Fsp3) is 0.561. The van der Waals surface area contributed by atoms with Crippen LogP contribution in [0.3, 0.4) is 0 Å². The number of benzene rings is 2. The SMILES string of the molecule is CCCCCCc1ccc(C(=C(CCCC)C(=C=[N+]=[N-])CCCCC)c2cccc(CCCC)c2)cc1.[CH2-]CC.[CH2-]CC.[Ni+2]. The van der Waals surface area contributed by atoms with Gasteiger partial charge < -0.3 is 19.4 Å². The Morgan fingerprint density at radius 3 is 1.77 bits per heavy atom. The maximum absolute atomic E-state index is 9.56. The number of hydrogen-bond donors (Lipinski definition) is 0. The van der Waals surface area contributed by atoms with Crippen molar-refractivity contribution in [3.63, 3.8) is 0 Å². The van der Waals surface area contributed by atoms with Crippen molar-refractivity contribution < 1.29 is 21.3 Å². The largest absolute Gasteiger partial charge is 2.00 e. The average Bonchev–Trinajstić information content (AvgIpc) is 3.01. The van der Waals surface area contributed by atoms with Crippen LogP contribution in [-0.2, 0) is 29.3 Å². The molecule has 0 spiro atoms. The number of nitrogens with zero attached hydrogens (tertiary/aromatic N) is 2. The van der Waals surface area contributed by atoms with Crippen molar-refractivity contribution in [3.05, 3.63) is 101 Å².